The average Bonchev–Trinajstić information content (AvgIpc) is 2.35. The molecule has 18 heavy (non-hydrogen) atoms. The lowest BCUT2D eigenvalue weighted by Gasteiger charge is -2.14. The first-order valence-corrected chi connectivity index (χ1v) is 6.50. The number of rotatable bonds is 4. The van der Waals surface area contributed by atoms with Crippen LogP contribution in [-0.2, 0) is 5.75 Å². The lowest BCUT2D eigenvalue weighted by Crippen LogP contribution is -2.17. The number of ether oxygens (including phenoxy) is 1. The highest BCUT2D eigenvalue weighted by molar-refractivity contribution is 8.13. The maximum absolute atomic E-state index is 11.3. The first-order chi connectivity index (χ1) is 8.45. The van der Waals surface area contributed by atoms with Gasteiger partial charge in [0.1, 0.15) is 5.75 Å². The third kappa shape index (κ3) is 3.77. The highest BCUT2D eigenvalue weighted by atomic mass is 32.2. The summed E-state index contributed by atoms with van der Waals surface area (Å²) in [6.07, 6.45) is 0. The fraction of sp³-hybridized carbons (Fsp3) is 0.385. The number of carbonyl (C=O) groups is 1. The molecule has 1 rings (SSSR count). The molecule has 1 aromatic rings. The number of nitrogens with one attached hydrogen (secondary N) is 1. The van der Waals surface area contributed by atoms with Gasteiger partial charge in [0.05, 0.1) is 7.11 Å². The van der Waals surface area contributed by atoms with E-state index < -0.39 is 0 Å². The summed E-state index contributed by atoms with van der Waals surface area (Å²) >= 11 is 1.41. The molecular weight excluding hydrogens is 248 g/mol. The molecule has 4 nitrogen and oxygen atoms in total. The van der Waals surface area contributed by atoms with Gasteiger partial charge in [0, 0.05) is 31.0 Å². The Morgan fingerprint density at radius 3 is 2.61 bits per heavy atom. The molecule has 5 heteroatoms. The Morgan fingerprint density at radius 1 is 1.44 bits per heavy atom. The minimum absolute atomic E-state index is 0.0339. The lowest BCUT2D eigenvalue weighted by molar-refractivity contribution is 0.101. The van der Waals surface area contributed by atoms with Crippen molar-refractivity contribution >= 4 is 22.7 Å². The van der Waals surface area contributed by atoms with Gasteiger partial charge in [-0.25, -0.2) is 0 Å². The Kier molecular flexibility index (Phi) is 5.22. The van der Waals surface area contributed by atoms with E-state index >= 15 is 0 Å². The van der Waals surface area contributed by atoms with Gasteiger partial charge in [0.2, 0.25) is 0 Å². The smallest absolute Gasteiger partial charge is 0.159 e. The number of amidine groups is 1. The van der Waals surface area contributed by atoms with Crippen LogP contribution < -0.4 is 4.74 Å². The third-order valence-corrected chi connectivity index (χ3v) is 3.55. The maximum atomic E-state index is 11.3. The molecule has 98 valence electrons. The van der Waals surface area contributed by atoms with Crippen LogP contribution in [0.5, 0.6) is 5.75 Å². The summed E-state index contributed by atoms with van der Waals surface area (Å²) in [7, 11) is 5.27. The minimum Gasteiger partial charge on any atom is -0.496 e. The molecule has 0 amide bonds. The number of benzene rings is 1. The van der Waals surface area contributed by atoms with Crippen LogP contribution in [0.2, 0.25) is 0 Å². The van der Waals surface area contributed by atoms with Gasteiger partial charge in [-0.3, -0.25) is 10.2 Å². The predicted molar refractivity (Wildman–Crippen MR) is 75.7 cm³/mol. The Morgan fingerprint density at radius 2 is 2.11 bits per heavy atom. The molecule has 0 radical (unpaired) electrons. The van der Waals surface area contributed by atoms with Crippen molar-refractivity contribution in [3.63, 3.8) is 0 Å². The van der Waals surface area contributed by atoms with Crippen molar-refractivity contribution in [2.24, 2.45) is 0 Å². The first kappa shape index (κ1) is 14.6. The van der Waals surface area contributed by atoms with Gasteiger partial charge >= 0.3 is 0 Å². The molecule has 0 bridgehead atoms. The van der Waals surface area contributed by atoms with E-state index in [2.05, 4.69) is 0 Å². The van der Waals surface area contributed by atoms with E-state index in [-0.39, 0.29) is 5.78 Å². The van der Waals surface area contributed by atoms with Gasteiger partial charge in [0.15, 0.2) is 11.0 Å². The van der Waals surface area contributed by atoms with Gasteiger partial charge in [-0.15, -0.1) is 0 Å². The molecular formula is C13H18N2O2S. The Labute approximate surface area is 112 Å². The van der Waals surface area contributed by atoms with Gasteiger partial charge in [-0.2, -0.15) is 0 Å². The van der Waals surface area contributed by atoms with E-state index in [1.165, 1.54) is 11.8 Å². The molecule has 1 N–H and O–H groups in total. The zero-order valence-electron chi connectivity index (χ0n) is 11.1. The van der Waals surface area contributed by atoms with Crippen molar-refractivity contribution in [1.29, 1.82) is 5.41 Å². The number of nitrogens with zero attached hydrogens (tertiary/aromatic N) is 1. The largest absolute Gasteiger partial charge is 0.496 e. The standard InChI is InChI=1S/C13H18N2O2S/c1-9(16)10-5-6-12(17-4)11(7-10)8-18-13(14)15(2)3/h5-7,14H,8H2,1-4H3. The van der Waals surface area contributed by atoms with E-state index in [0.29, 0.717) is 16.5 Å². The van der Waals surface area contributed by atoms with Gasteiger partial charge in [-0.05, 0) is 25.1 Å². The number of methoxy groups -OCH3 is 1. The Balaban J connectivity index is 2.88. The van der Waals surface area contributed by atoms with Crippen molar-refractivity contribution in [2.75, 3.05) is 21.2 Å². The SMILES string of the molecule is COc1ccc(C(C)=O)cc1CSC(=N)N(C)C. The predicted octanol–water partition coefficient (Wildman–Crippen LogP) is 2.63. The number of Topliss-reactive ketones (excluding diaryl/α,β-unsaturated/α-hetero) is 1. The molecule has 0 saturated heterocycles. The summed E-state index contributed by atoms with van der Waals surface area (Å²) in [5, 5.41) is 8.22. The Bertz CT molecular complexity index is 458. The number of hydrogen-bond donors (Lipinski definition) is 1. The molecule has 0 spiro atoms. The van der Waals surface area contributed by atoms with E-state index in [1.807, 2.05) is 20.2 Å². The molecule has 1 aromatic carbocycles. The van der Waals surface area contributed by atoms with E-state index in [9.17, 15) is 4.79 Å². The second kappa shape index (κ2) is 6.44. The van der Waals surface area contributed by atoms with Crippen molar-refractivity contribution in [2.45, 2.75) is 12.7 Å². The molecule has 0 aromatic heterocycles. The molecule has 0 aliphatic heterocycles. The summed E-state index contributed by atoms with van der Waals surface area (Å²) in [6, 6.07) is 5.38. The van der Waals surface area contributed by atoms with Gasteiger partial charge in [0.25, 0.3) is 0 Å². The highest BCUT2D eigenvalue weighted by Crippen LogP contribution is 2.25. The number of carbonyl (C=O) groups excluding carboxylic acids is 1. The van der Waals surface area contributed by atoms with Crippen molar-refractivity contribution < 1.29 is 9.53 Å². The number of thioether (sulfide) groups is 1. The molecule has 0 aliphatic carbocycles. The van der Waals surface area contributed by atoms with E-state index in [4.69, 9.17) is 10.1 Å². The quantitative estimate of drug-likeness (QED) is 0.517. The minimum atomic E-state index is 0.0339. The second-order valence-corrected chi connectivity index (χ2v) is 5.04. The third-order valence-electron chi connectivity index (χ3n) is 2.46. The van der Waals surface area contributed by atoms with Crippen molar-refractivity contribution in [1.82, 2.24) is 4.90 Å². The fourth-order valence-electron chi connectivity index (χ4n) is 1.39. The maximum Gasteiger partial charge on any atom is 0.159 e. The normalized spacial score (nSPS) is 10.0. The van der Waals surface area contributed by atoms with E-state index in [1.54, 1.807) is 31.1 Å². The number of ketones is 1. The van der Waals surface area contributed by atoms with Crippen LogP contribution in [0.3, 0.4) is 0 Å². The molecule has 0 heterocycles. The molecule has 0 atom stereocenters. The summed E-state index contributed by atoms with van der Waals surface area (Å²) < 4.78 is 5.26. The van der Waals surface area contributed by atoms with Gasteiger partial charge < -0.3 is 9.64 Å². The first-order valence-electron chi connectivity index (χ1n) is 5.52. The molecule has 0 unspecified atom stereocenters. The van der Waals surface area contributed by atoms with Crippen LogP contribution in [0.1, 0.15) is 22.8 Å². The average molecular weight is 266 g/mol. The van der Waals surface area contributed by atoms with Crippen LogP contribution in [0.25, 0.3) is 0 Å². The van der Waals surface area contributed by atoms with Crippen LogP contribution in [0.15, 0.2) is 18.2 Å². The monoisotopic (exact) mass is 266 g/mol. The highest BCUT2D eigenvalue weighted by Gasteiger charge is 2.09. The summed E-state index contributed by atoms with van der Waals surface area (Å²) in [6.45, 7) is 1.54. The summed E-state index contributed by atoms with van der Waals surface area (Å²) in [5.41, 5.74) is 1.60. The van der Waals surface area contributed by atoms with Crippen LogP contribution in [0.4, 0.5) is 0 Å². The molecule has 0 saturated carbocycles. The summed E-state index contributed by atoms with van der Waals surface area (Å²) in [4.78, 5) is 13.1. The number of hydrogen-bond acceptors (Lipinski definition) is 4. The van der Waals surface area contributed by atoms with Crippen molar-refractivity contribution in [3.8, 4) is 5.75 Å². The van der Waals surface area contributed by atoms with Crippen LogP contribution in [-0.4, -0.2) is 37.1 Å². The summed E-state index contributed by atoms with van der Waals surface area (Å²) in [5.74, 6) is 1.40. The zero-order valence-corrected chi connectivity index (χ0v) is 11.9. The topological polar surface area (TPSA) is 53.4 Å². The molecule has 0 fully saturated rings. The zero-order chi connectivity index (χ0) is 13.7. The van der Waals surface area contributed by atoms with E-state index in [0.717, 1.165) is 11.3 Å². The van der Waals surface area contributed by atoms with Gasteiger partial charge in [-0.1, -0.05) is 11.8 Å². The Hall–Kier alpha value is -1.49. The van der Waals surface area contributed by atoms with Crippen molar-refractivity contribution in [3.05, 3.63) is 29.3 Å². The van der Waals surface area contributed by atoms with Crippen LogP contribution >= 0.6 is 11.8 Å². The lowest BCUT2D eigenvalue weighted by atomic mass is 10.1. The van der Waals surface area contributed by atoms with Crippen LogP contribution in [0, 0.1) is 5.41 Å². The fourth-order valence-corrected chi connectivity index (χ4v) is 2.16. The second-order valence-electron chi connectivity index (χ2n) is 4.07. The molecule has 0 aliphatic rings.